The van der Waals surface area contributed by atoms with Gasteiger partial charge in [-0.3, -0.25) is 9.69 Å². The van der Waals surface area contributed by atoms with Crippen LogP contribution in [0.25, 0.3) is 5.69 Å². The van der Waals surface area contributed by atoms with Crippen molar-refractivity contribution in [3.05, 3.63) is 48.3 Å². The van der Waals surface area contributed by atoms with Gasteiger partial charge >= 0.3 is 0 Å². The first-order chi connectivity index (χ1) is 12.2. The van der Waals surface area contributed by atoms with Crippen molar-refractivity contribution in [3.8, 4) is 5.69 Å². The van der Waals surface area contributed by atoms with Gasteiger partial charge in [-0.1, -0.05) is 18.2 Å². The first kappa shape index (κ1) is 16.3. The Morgan fingerprint density at radius 1 is 1.28 bits per heavy atom. The highest BCUT2D eigenvalue weighted by molar-refractivity contribution is 5.84. The molecule has 2 saturated heterocycles. The van der Waals surface area contributed by atoms with E-state index < -0.39 is 11.5 Å². The summed E-state index contributed by atoms with van der Waals surface area (Å²) in [7, 11) is 0. The molecule has 25 heavy (non-hydrogen) atoms. The smallest absolute Gasteiger partial charge is 0.230 e. The van der Waals surface area contributed by atoms with Crippen molar-refractivity contribution in [2.45, 2.75) is 31.9 Å². The molecule has 0 unspecified atom stereocenters. The number of carbonyl (C=O) groups is 1. The Balaban J connectivity index is 1.54. The number of carbonyl (C=O) groups excluding carboxylic acids is 1. The van der Waals surface area contributed by atoms with Crippen LogP contribution in [-0.2, 0) is 11.3 Å². The van der Waals surface area contributed by atoms with Crippen LogP contribution in [0.5, 0.6) is 0 Å². The Labute approximate surface area is 147 Å². The molecule has 4 rings (SSSR count). The number of piperidine rings is 2. The molecule has 1 aromatic carbocycles. The number of amides is 1. The number of para-hydroxylation sites is 1. The maximum absolute atomic E-state index is 12.5. The summed E-state index contributed by atoms with van der Waals surface area (Å²) < 4.78 is 1.94. The summed E-state index contributed by atoms with van der Waals surface area (Å²) in [6.45, 7) is 2.82. The Kier molecular flexibility index (Phi) is 4.31. The molecule has 1 amide bonds. The third kappa shape index (κ3) is 2.96. The summed E-state index contributed by atoms with van der Waals surface area (Å²) in [5.41, 5.74) is 1.47. The number of aliphatic hydroxyl groups is 1. The van der Waals surface area contributed by atoms with E-state index in [4.69, 9.17) is 0 Å². The van der Waals surface area contributed by atoms with E-state index >= 15 is 0 Å². The molecule has 2 aliphatic heterocycles. The zero-order valence-electron chi connectivity index (χ0n) is 14.3. The summed E-state index contributed by atoms with van der Waals surface area (Å²) in [6.07, 6.45) is 3.58. The van der Waals surface area contributed by atoms with Gasteiger partial charge in [0, 0.05) is 32.4 Å². The molecule has 2 fully saturated rings. The third-order valence-electron chi connectivity index (χ3n) is 5.51. The van der Waals surface area contributed by atoms with Crippen molar-refractivity contribution >= 4 is 5.91 Å². The fourth-order valence-electron chi connectivity index (χ4n) is 4.14. The van der Waals surface area contributed by atoms with E-state index in [1.807, 2.05) is 47.3 Å². The van der Waals surface area contributed by atoms with Crippen LogP contribution in [0.4, 0.5) is 0 Å². The molecule has 1 aromatic heterocycles. The van der Waals surface area contributed by atoms with Crippen LogP contribution in [0.2, 0.25) is 0 Å². The standard InChI is InChI=1S/C19H24N4O2/c24-17-8-12-22(14-19(17)9-4-10-20-18(19)25)13-16-7-11-21-23(16)15-5-2-1-3-6-15/h1-3,5-7,11,17,24H,4,8-10,12-14H2,(H,20,25)/t17-,19-/m1/s1. The fraction of sp³-hybridized carbons (Fsp3) is 0.474. The van der Waals surface area contributed by atoms with Crippen LogP contribution >= 0.6 is 0 Å². The molecule has 2 N–H and O–H groups in total. The van der Waals surface area contributed by atoms with Gasteiger partial charge in [0.25, 0.3) is 0 Å². The minimum absolute atomic E-state index is 0.00696. The summed E-state index contributed by atoms with van der Waals surface area (Å²) in [6, 6.07) is 12.1. The molecule has 3 heterocycles. The number of rotatable bonds is 3. The van der Waals surface area contributed by atoms with Gasteiger partial charge < -0.3 is 10.4 Å². The lowest BCUT2D eigenvalue weighted by Gasteiger charge is -2.46. The third-order valence-corrected chi connectivity index (χ3v) is 5.51. The average molecular weight is 340 g/mol. The zero-order chi connectivity index (χ0) is 17.3. The lowest BCUT2D eigenvalue weighted by Crippen LogP contribution is -2.61. The van der Waals surface area contributed by atoms with Crippen LogP contribution in [0.3, 0.4) is 0 Å². The molecule has 6 nitrogen and oxygen atoms in total. The van der Waals surface area contributed by atoms with Crippen LogP contribution in [0.15, 0.2) is 42.6 Å². The van der Waals surface area contributed by atoms with E-state index in [0.717, 1.165) is 37.3 Å². The van der Waals surface area contributed by atoms with Crippen molar-refractivity contribution in [3.63, 3.8) is 0 Å². The Morgan fingerprint density at radius 3 is 2.92 bits per heavy atom. The fourth-order valence-corrected chi connectivity index (χ4v) is 4.14. The SMILES string of the molecule is O=C1NCCC[C@]12CN(Cc1ccnn1-c1ccccc1)CC[C@H]2O. The van der Waals surface area contributed by atoms with Gasteiger partial charge in [-0.2, -0.15) is 5.10 Å². The van der Waals surface area contributed by atoms with E-state index in [2.05, 4.69) is 15.3 Å². The van der Waals surface area contributed by atoms with Gasteiger partial charge in [0.05, 0.1) is 22.9 Å². The summed E-state index contributed by atoms with van der Waals surface area (Å²) in [5.74, 6) is 0.00696. The molecule has 2 atom stereocenters. The summed E-state index contributed by atoms with van der Waals surface area (Å²) in [5, 5.41) is 17.9. The molecule has 0 aliphatic carbocycles. The van der Waals surface area contributed by atoms with E-state index in [-0.39, 0.29) is 5.91 Å². The van der Waals surface area contributed by atoms with Gasteiger partial charge in [-0.05, 0) is 37.5 Å². The normalized spacial score (nSPS) is 27.4. The van der Waals surface area contributed by atoms with Crippen LogP contribution in [0.1, 0.15) is 25.0 Å². The molecule has 132 valence electrons. The van der Waals surface area contributed by atoms with Crippen molar-refractivity contribution in [1.29, 1.82) is 0 Å². The van der Waals surface area contributed by atoms with Gasteiger partial charge in [0.15, 0.2) is 0 Å². The highest BCUT2D eigenvalue weighted by Gasteiger charge is 2.49. The number of hydrogen-bond acceptors (Lipinski definition) is 4. The number of likely N-dealkylation sites (tertiary alicyclic amines) is 1. The number of nitrogens with one attached hydrogen (secondary N) is 1. The predicted octanol–water partition coefficient (Wildman–Crippen LogP) is 1.34. The summed E-state index contributed by atoms with van der Waals surface area (Å²) in [4.78, 5) is 14.8. The highest BCUT2D eigenvalue weighted by Crippen LogP contribution is 2.37. The van der Waals surface area contributed by atoms with Crippen molar-refractivity contribution < 1.29 is 9.90 Å². The van der Waals surface area contributed by atoms with E-state index in [0.29, 0.717) is 19.5 Å². The second kappa shape index (κ2) is 6.61. The summed E-state index contributed by atoms with van der Waals surface area (Å²) >= 11 is 0. The quantitative estimate of drug-likeness (QED) is 0.884. The molecule has 2 aromatic rings. The minimum Gasteiger partial charge on any atom is -0.392 e. The van der Waals surface area contributed by atoms with Gasteiger partial charge in [0.1, 0.15) is 0 Å². The maximum atomic E-state index is 12.5. The highest BCUT2D eigenvalue weighted by atomic mass is 16.3. The predicted molar refractivity (Wildman–Crippen MR) is 94.1 cm³/mol. The van der Waals surface area contributed by atoms with Crippen molar-refractivity contribution in [1.82, 2.24) is 20.0 Å². The second-order valence-corrected chi connectivity index (χ2v) is 7.10. The Bertz CT molecular complexity index is 745. The molecule has 0 radical (unpaired) electrons. The van der Waals surface area contributed by atoms with E-state index in [9.17, 15) is 9.90 Å². The number of benzene rings is 1. The van der Waals surface area contributed by atoms with Crippen LogP contribution in [0, 0.1) is 5.41 Å². The van der Waals surface area contributed by atoms with Gasteiger partial charge in [-0.25, -0.2) is 4.68 Å². The maximum Gasteiger partial charge on any atom is 0.230 e. The largest absolute Gasteiger partial charge is 0.392 e. The Morgan fingerprint density at radius 2 is 2.12 bits per heavy atom. The molecule has 0 bridgehead atoms. The molecular formula is C19H24N4O2. The lowest BCUT2D eigenvalue weighted by molar-refractivity contribution is -0.149. The van der Waals surface area contributed by atoms with Gasteiger partial charge in [0.2, 0.25) is 5.91 Å². The van der Waals surface area contributed by atoms with Crippen LogP contribution in [-0.4, -0.2) is 51.4 Å². The number of aromatic nitrogens is 2. The minimum atomic E-state index is -0.659. The van der Waals surface area contributed by atoms with E-state index in [1.54, 1.807) is 0 Å². The molecule has 1 spiro atoms. The monoisotopic (exact) mass is 340 g/mol. The Hall–Kier alpha value is -2.18. The number of nitrogens with zero attached hydrogens (tertiary/aromatic N) is 3. The van der Waals surface area contributed by atoms with E-state index in [1.165, 1.54) is 0 Å². The lowest BCUT2D eigenvalue weighted by atomic mass is 9.71. The number of aliphatic hydroxyl groups excluding tert-OH is 1. The number of hydrogen-bond donors (Lipinski definition) is 2. The van der Waals surface area contributed by atoms with Gasteiger partial charge in [-0.15, -0.1) is 0 Å². The van der Waals surface area contributed by atoms with Crippen molar-refractivity contribution in [2.24, 2.45) is 5.41 Å². The molecule has 0 saturated carbocycles. The second-order valence-electron chi connectivity index (χ2n) is 7.10. The van der Waals surface area contributed by atoms with Crippen LogP contribution < -0.4 is 5.32 Å². The topological polar surface area (TPSA) is 70.4 Å². The first-order valence-corrected chi connectivity index (χ1v) is 8.96. The molecule has 6 heteroatoms. The first-order valence-electron chi connectivity index (χ1n) is 8.96. The molecular weight excluding hydrogens is 316 g/mol. The zero-order valence-corrected chi connectivity index (χ0v) is 14.3. The van der Waals surface area contributed by atoms with Crippen molar-refractivity contribution in [2.75, 3.05) is 19.6 Å². The average Bonchev–Trinajstić information content (AvgIpc) is 3.09. The molecule has 2 aliphatic rings.